The minimum absolute atomic E-state index is 0.0540. The third-order valence-electron chi connectivity index (χ3n) is 3.98. The van der Waals surface area contributed by atoms with Crippen molar-refractivity contribution in [2.75, 3.05) is 0 Å². The second-order valence-corrected chi connectivity index (χ2v) is 5.39. The summed E-state index contributed by atoms with van der Waals surface area (Å²) in [4.78, 5) is 0. The Morgan fingerprint density at radius 2 is 1.95 bits per heavy atom. The van der Waals surface area contributed by atoms with Crippen LogP contribution in [0.2, 0.25) is 0 Å². The van der Waals surface area contributed by atoms with Gasteiger partial charge in [0.25, 0.3) is 0 Å². The first-order chi connectivity index (χ1) is 10.1. The Kier molecular flexibility index (Phi) is 3.33. The Morgan fingerprint density at radius 1 is 1.19 bits per heavy atom. The smallest absolute Gasteiger partial charge is 0.250 e. The summed E-state index contributed by atoms with van der Waals surface area (Å²) in [6.07, 6.45) is 3.42. The normalized spacial score (nSPS) is 13.0. The largest absolute Gasteiger partial charge is 0.437 e. The van der Waals surface area contributed by atoms with Gasteiger partial charge in [-0.05, 0) is 61.9 Å². The zero-order valence-corrected chi connectivity index (χ0v) is 12.2. The summed E-state index contributed by atoms with van der Waals surface area (Å²) < 4.78 is 5.84. The molecule has 1 aliphatic rings. The molecule has 0 amide bonds. The van der Waals surface area contributed by atoms with Gasteiger partial charge in [0.05, 0.1) is 11.3 Å². The first-order valence-corrected chi connectivity index (χ1v) is 7.04. The third-order valence-corrected chi connectivity index (χ3v) is 3.98. The molecule has 21 heavy (non-hydrogen) atoms. The maximum Gasteiger partial charge on any atom is 0.250 e. The molecule has 2 aromatic rings. The van der Waals surface area contributed by atoms with Crippen molar-refractivity contribution in [1.29, 1.82) is 5.41 Å². The van der Waals surface area contributed by atoms with Crippen LogP contribution < -0.4 is 10.5 Å². The lowest BCUT2D eigenvalue weighted by Crippen LogP contribution is -2.16. The molecule has 1 heterocycles. The van der Waals surface area contributed by atoms with Gasteiger partial charge in [-0.25, -0.2) is 0 Å². The van der Waals surface area contributed by atoms with Crippen molar-refractivity contribution in [2.24, 2.45) is 5.73 Å². The maximum absolute atomic E-state index is 7.73. The second-order valence-electron chi connectivity index (χ2n) is 5.39. The highest BCUT2D eigenvalue weighted by Gasteiger charge is 2.17. The molecule has 1 aliphatic carbocycles. The number of hydrogen-bond acceptors (Lipinski definition) is 4. The predicted octanol–water partition coefficient (Wildman–Crippen LogP) is 2.66. The number of benzene rings is 1. The Bertz CT molecular complexity index is 724. The minimum Gasteiger partial charge on any atom is -0.437 e. The molecule has 0 fully saturated rings. The Hall–Kier alpha value is -2.43. The number of nitrogen functional groups attached to an aromatic ring is 1. The summed E-state index contributed by atoms with van der Waals surface area (Å²) in [7, 11) is 0. The molecule has 5 heteroatoms. The van der Waals surface area contributed by atoms with E-state index >= 15 is 0 Å². The molecule has 0 bridgehead atoms. The van der Waals surface area contributed by atoms with Crippen LogP contribution >= 0.6 is 0 Å². The van der Waals surface area contributed by atoms with E-state index in [1.165, 1.54) is 17.5 Å². The average molecular weight is 282 g/mol. The Morgan fingerprint density at radius 3 is 2.71 bits per heavy atom. The van der Waals surface area contributed by atoms with Crippen LogP contribution in [0.4, 0.5) is 0 Å². The van der Waals surface area contributed by atoms with Crippen molar-refractivity contribution in [3.8, 4) is 11.6 Å². The number of fused-ring (bicyclic) bond motifs is 1. The molecule has 5 nitrogen and oxygen atoms in total. The van der Waals surface area contributed by atoms with Gasteiger partial charge in [0.15, 0.2) is 0 Å². The van der Waals surface area contributed by atoms with E-state index in [9.17, 15) is 0 Å². The molecular weight excluding hydrogens is 264 g/mol. The van der Waals surface area contributed by atoms with Crippen molar-refractivity contribution in [3.63, 3.8) is 0 Å². The lowest BCUT2D eigenvalue weighted by Gasteiger charge is -2.12. The fraction of sp³-hybridized carbons (Fsp3) is 0.312. The van der Waals surface area contributed by atoms with Crippen LogP contribution in [0.15, 0.2) is 18.2 Å². The van der Waals surface area contributed by atoms with Gasteiger partial charge in [-0.1, -0.05) is 6.07 Å². The van der Waals surface area contributed by atoms with Gasteiger partial charge in [0.1, 0.15) is 11.6 Å². The zero-order valence-electron chi connectivity index (χ0n) is 12.2. The molecule has 0 atom stereocenters. The number of nitrogens with zero attached hydrogens (tertiary/aromatic N) is 2. The van der Waals surface area contributed by atoms with Crippen LogP contribution in [0.25, 0.3) is 0 Å². The van der Waals surface area contributed by atoms with Crippen molar-refractivity contribution in [3.05, 3.63) is 46.1 Å². The quantitative estimate of drug-likeness (QED) is 0.669. The van der Waals surface area contributed by atoms with E-state index in [0.29, 0.717) is 11.4 Å². The molecule has 0 unspecified atom stereocenters. The van der Waals surface area contributed by atoms with Crippen LogP contribution in [-0.4, -0.2) is 16.0 Å². The lowest BCUT2D eigenvalue weighted by atomic mass is 10.1. The highest BCUT2D eigenvalue weighted by Crippen LogP contribution is 2.30. The van der Waals surface area contributed by atoms with E-state index < -0.39 is 0 Å². The number of nitrogens with one attached hydrogen (secondary N) is 1. The topological polar surface area (TPSA) is 84.9 Å². The summed E-state index contributed by atoms with van der Waals surface area (Å²) in [6, 6.07) is 6.08. The highest BCUT2D eigenvalue weighted by molar-refractivity contribution is 5.98. The zero-order chi connectivity index (χ0) is 15.0. The van der Waals surface area contributed by atoms with Crippen LogP contribution in [-0.2, 0) is 12.8 Å². The monoisotopic (exact) mass is 282 g/mol. The number of ether oxygens (including phenoxy) is 1. The van der Waals surface area contributed by atoms with Crippen molar-refractivity contribution in [1.82, 2.24) is 10.2 Å². The molecule has 3 rings (SSSR count). The maximum atomic E-state index is 7.73. The number of aryl methyl sites for hydroxylation is 3. The number of rotatable bonds is 3. The number of amidine groups is 1. The molecule has 0 saturated carbocycles. The highest BCUT2D eigenvalue weighted by atomic mass is 16.5. The van der Waals surface area contributed by atoms with Crippen LogP contribution in [0.3, 0.4) is 0 Å². The molecule has 0 saturated heterocycles. The van der Waals surface area contributed by atoms with Crippen molar-refractivity contribution < 1.29 is 4.74 Å². The summed E-state index contributed by atoms with van der Waals surface area (Å²) in [6.45, 7) is 3.71. The first-order valence-electron chi connectivity index (χ1n) is 7.04. The molecule has 1 aromatic carbocycles. The molecule has 0 radical (unpaired) electrons. The van der Waals surface area contributed by atoms with Crippen molar-refractivity contribution >= 4 is 5.84 Å². The predicted molar refractivity (Wildman–Crippen MR) is 81.1 cm³/mol. The Balaban J connectivity index is 1.98. The molecule has 3 N–H and O–H groups in total. The van der Waals surface area contributed by atoms with Crippen molar-refractivity contribution in [2.45, 2.75) is 33.1 Å². The second kappa shape index (κ2) is 5.16. The fourth-order valence-electron chi connectivity index (χ4n) is 2.70. The van der Waals surface area contributed by atoms with Gasteiger partial charge < -0.3 is 10.5 Å². The number of aromatic nitrogens is 2. The first kappa shape index (κ1) is 13.5. The summed E-state index contributed by atoms with van der Waals surface area (Å²) >= 11 is 0. The fourth-order valence-corrected chi connectivity index (χ4v) is 2.70. The number of hydrogen-bond donors (Lipinski definition) is 2. The number of nitrogens with two attached hydrogens (primary N) is 1. The van der Waals surface area contributed by atoms with Gasteiger partial charge in [0, 0.05) is 0 Å². The molecule has 108 valence electrons. The van der Waals surface area contributed by atoms with E-state index in [0.717, 1.165) is 29.8 Å². The van der Waals surface area contributed by atoms with Gasteiger partial charge >= 0.3 is 0 Å². The van der Waals surface area contributed by atoms with E-state index in [4.69, 9.17) is 15.9 Å². The van der Waals surface area contributed by atoms with Crippen LogP contribution in [0.5, 0.6) is 11.6 Å². The lowest BCUT2D eigenvalue weighted by molar-refractivity contribution is 0.452. The van der Waals surface area contributed by atoms with E-state index in [1.54, 1.807) is 0 Å². The van der Waals surface area contributed by atoms with Gasteiger partial charge in [-0.2, -0.15) is 5.10 Å². The van der Waals surface area contributed by atoms with E-state index in [-0.39, 0.29) is 5.84 Å². The van der Waals surface area contributed by atoms with Gasteiger partial charge in [-0.15, -0.1) is 5.10 Å². The van der Waals surface area contributed by atoms with E-state index in [1.807, 2.05) is 26.0 Å². The van der Waals surface area contributed by atoms with Gasteiger partial charge in [0.2, 0.25) is 5.88 Å². The summed E-state index contributed by atoms with van der Waals surface area (Å²) in [5, 5.41) is 15.9. The molecule has 0 aliphatic heterocycles. The van der Waals surface area contributed by atoms with Gasteiger partial charge in [-0.3, -0.25) is 5.41 Å². The average Bonchev–Trinajstić information content (AvgIpc) is 2.90. The summed E-state index contributed by atoms with van der Waals surface area (Å²) in [5.41, 5.74) is 10.5. The standard InChI is InChI=1S/C16H18N4O/c1-9-10(2)19-20-16(14(9)15(17)18)21-13-7-6-11-4-3-5-12(11)8-13/h6-8H,3-5H2,1-2H3,(H3,17,18). The molecule has 1 aromatic heterocycles. The minimum atomic E-state index is -0.0540. The third kappa shape index (κ3) is 2.46. The Labute approximate surface area is 123 Å². The molecular formula is C16H18N4O. The van der Waals surface area contributed by atoms with E-state index in [2.05, 4.69) is 16.3 Å². The van der Waals surface area contributed by atoms with Crippen LogP contribution in [0.1, 0.15) is 34.4 Å². The molecule has 0 spiro atoms. The van der Waals surface area contributed by atoms with Crippen LogP contribution in [0, 0.1) is 19.3 Å². The SMILES string of the molecule is Cc1nnc(Oc2ccc3c(c2)CCC3)c(C(=N)N)c1C. The summed E-state index contributed by atoms with van der Waals surface area (Å²) in [5.74, 6) is 0.959.